The minimum atomic E-state index is -0.575. The number of carbonyl (C=O) groups excluding carboxylic acids is 3. The second-order valence-corrected chi connectivity index (χ2v) is 5.77. The molecule has 3 rings (SSSR count). The molecule has 2 N–H and O–H groups in total. The third-order valence-electron chi connectivity index (χ3n) is 3.71. The van der Waals surface area contributed by atoms with Crippen LogP contribution in [0.25, 0.3) is 0 Å². The topological polar surface area (TPSA) is 129 Å². The summed E-state index contributed by atoms with van der Waals surface area (Å²) in [4.78, 5) is 43.5. The van der Waals surface area contributed by atoms with Crippen molar-refractivity contribution in [3.05, 3.63) is 36.2 Å². The quantitative estimate of drug-likeness (QED) is 0.511. The first-order valence-corrected chi connectivity index (χ1v) is 8.44. The van der Waals surface area contributed by atoms with Gasteiger partial charge in [-0.2, -0.15) is 0 Å². The highest BCUT2D eigenvalue weighted by atomic mass is 16.7. The number of hydrogen-bond donors (Lipinski definition) is 2. The van der Waals surface area contributed by atoms with E-state index in [0.29, 0.717) is 17.4 Å². The number of hydrogen-bond acceptors (Lipinski definition) is 9. The third kappa shape index (κ3) is 4.93. The van der Waals surface area contributed by atoms with E-state index in [4.69, 9.17) is 14.2 Å². The molecular weight excluding hydrogens is 368 g/mol. The van der Waals surface area contributed by atoms with Crippen molar-refractivity contribution in [3.63, 3.8) is 0 Å². The van der Waals surface area contributed by atoms with E-state index in [1.807, 2.05) is 0 Å². The predicted molar refractivity (Wildman–Crippen MR) is 97.3 cm³/mol. The number of benzene rings is 1. The molecule has 1 aliphatic rings. The molecule has 2 aromatic rings. The molecule has 0 bridgehead atoms. The summed E-state index contributed by atoms with van der Waals surface area (Å²) in [5.74, 6) is -0.131. The number of rotatable bonds is 8. The van der Waals surface area contributed by atoms with Gasteiger partial charge in [-0.15, -0.1) is 0 Å². The molecular formula is C18H18N4O6. The van der Waals surface area contributed by atoms with Crippen molar-refractivity contribution in [2.75, 3.05) is 30.6 Å². The fourth-order valence-electron chi connectivity index (χ4n) is 2.41. The smallest absolute Gasteiger partial charge is 0.308 e. The Kier molecular flexibility index (Phi) is 6.00. The lowest BCUT2D eigenvalue weighted by molar-refractivity contribution is -0.147. The Morgan fingerprint density at radius 2 is 1.86 bits per heavy atom. The molecule has 0 atom stereocenters. The minimum absolute atomic E-state index is 0.0360. The number of Topliss-reactive ketones (excluding diaryl/α,β-unsaturated/α-hetero) is 1. The number of amides is 1. The van der Waals surface area contributed by atoms with E-state index in [2.05, 4.69) is 20.6 Å². The SMILES string of the molecule is CC(=O)c1cc2c(cc1NC(=O)COC(=O)CCNc1ncccn1)OCO2. The van der Waals surface area contributed by atoms with Crippen LogP contribution in [0.3, 0.4) is 0 Å². The van der Waals surface area contributed by atoms with Crippen LogP contribution in [-0.4, -0.2) is 47.6 Å². The van der Waals surface area contributed by atoms with Gasteiger partial charge in [-0.05, 0) is 19.1 Å². The molecule has 0 spiro atoms. The van der Waals surface area contributed by atoms with Crippen molar-refractivity contribution >= 4 is 29.3 Å². The van der Waals surface area contributed by atoms with Crippen LogP contribution in [0.1, 0.15) is 23.7 Å². The molecule has 0 fully saturated rings. The molecule has 0 aliphatic carbocycles. The molecule has 0 saturated heterocycles. The van der Waals surface area contributed by atoms with Gasteiger partial charge >= 0.3 is 5.97 Å². The van der Waals surface area contributed by atoms with Crippen molar-refractivity contribution in [1.82, 2.24) is 9.97 Å². The second-order valence-electron chi connectivity index (χ2n) is 5.77. The van der Waals surface area contributed by atoms with Crippen LogP contribution in [0.5, 0.6) is 11.5 Å². The Hall–Kier alpha value is -3.69. The molecule has 28 heavy (non-hydrogen) atoms. The summed E-state index contributed by atoms with van der Waals surface area (Å²) in [7, 11) is 0. The fourth-order valence-corrected chi connectivity index (χ4v) is 2.41. The van der Waals surface area contributed by atoms with E-state index >= 15 is 0 Å². The number of esters is 1. The normalized spacial score (nSPS) is 11.6. The highest BCUT2D eigenvalue weighted by molar-refractivity contribution is 6.05. The number of aromatic nitrogens is 2. The Morgan fingerprint density at radius 1 is 1.14 bits per heavy atom. The van der Waals surface area contributed by atoms with Crippen LogP contribution in [-0.2, 0) is 14.3 Å². The monoisotopic (exact) mass is 386 g/mol. The zero-order chi connectivity index (χ0) is 19.9. The Morgan fingerprint density at radius 3 is 2.57 bits per heavy atom. The molecule has 10 heteroatoms. The summed E-state index contributed by atoms with van der Waals surface area (Å²) >= 11 is 0. The number of fused-ring (bicyclic) bond motifs is 1. The van der Waals surface area contributed by atoms with Crippen molar-refractivity contribution in [2.45, 2.75) is 13.3 Å². The van der Waals surface area contributed by atoms with E-state index < -0.39 is 18.5 Å². The molecule has 10 nitrogen and oxygen atoms in total. The fraction of sp³-hybridized carbons (Fsp3) is 0.278. The first-order valence-electron chi connectivity index (χ1n) is 8.44. The predicted octanol–water partition coefficient (Wildman–Crippen LogP) is 1.39. The summed E-state index contributed by atoms with van der Waals surface area (Å²) in [5.41, 5.74) is 0.539. The highest BCUT2D eigenvalue weighted by Crippen LogP contribution is 2.37. The molecule has 1 aliphatic heterocycles. The molecule has 0 unspecified atom stereocenters. The molecule has 1 aromatic heterocycles. The van der Waals surface area contributed by atoms with Crippen molar-refractivity contribution in [3.8, 4) is 11.5 Å². The van der Waals surface area contributed by atoms with Gasteiger partial charge in [-0.3, -0.25) is 14.4 Å². The average molecular weight is 386 g/mol. The van der Waals surface area contributed by atoms with Crippen molar-refractivity contribution < 1.29 is 28.6 Å². The largest absolute Gasteiger partial charge is 0.456 e. The van der Waals surface area contributed by atoms with Crippen LogP contribution < -0.4 is 20.1 Å². The first-order chi connectivity index (χ1) is 13.5. The maximum absolute atomic E-state index is 12.1. The van der Waals surface area contributed by atoms with Gasteiger partial charge in [0.1, 0.15) is 0 Å². The van der Waals surface area contributed by atoms with Crippen molar-refractivity contribution in [1.29, 1.82) is 0 Å². The van der Waals surface area contributed by atoms with Crippen LogP contribution in [0.2, 0.25) is 0 Å². The Labute approximate surface area is 160 Å². The zero-order valence-corrected chi connectivity index (χ0v) is 15.1. The van der Waals surface area contributed by atoms with Gasteiger partial charge in [0.15, 0.2) is 23.9 Å². The van der Waals surface area contributed by atoms with Gasteiger partial charge in [0.05, 0.1) is 12.1 Å². The van der Waals surface area contributed by atoms with E-state index in [1.165, 1.54) is 19.1 Å². The van der Waals surface area contributed by atoms with Crippen LogP contribution >= 0.6 is 0 Å². The lowest BCUT2D eigenvalue weighted by atomic mass is 10.1. The lowest BCUT2D eigenvalue weighted by Crippen LogP contribution is -2.23. The van der Waals surface area contributed by atoms with E-state index in [-0.39, 0.29) is 36.8 Å². The highest BCUT2D eigenvalue weighted by Gasteiger charge is 2.20. The summed E-state index contributed by atoms with van der Waals surface area (Å²) in [5, 5.41) is 5.41. The van der Waals surface area contributed by atoms with Crippen molar-refractivity contribution in [2.24, 2.45) is 0 Å². The van der Waals surface area contributed by atoms with Crippen LogP contribution in [0.4, 0.5) is 11.6 Å². The molecule has 1 amide bonds. The first kappa shape index (κ1) is 19.1. The van der Waals surface area contributed by atoms with E-state index in [0.717, 1.165) is 0 Å². The third-order valence-corrected chi connectivity index (χ3v) is 3.71. The maximum atomic E-state index is 12.1. The van der Waals surface area contributed by atoms with E-state index in [9.17, 15) is 14.4 Å². The molecule has 0 radical (unpaired) electrons. The standard InChI is InChI=1S/C18H18N4O6/c1-11(23)12-7-14-15(28-10-27-14)8-13(12)22-16(24)9-26-17(25)3-6-21-18-19-4-2-5-20-18/h2,4-5,7-8H,3,6,9-10H2,1H3,(H,22,24)(H,19,20,21). The van der Waals surface area contributed by atoms with Gasteiger partial charge in [0, 0.05) is 30.6 Å². The van der Waals surface area contributed by atoms with Gasteiger partial charge < -0.3 is 24.8 Å². The average Bonchev–Trinajstić information content (AvgIpc) is 3.14. The summed E-state index contributed by atoms with van der Waals surface area (Å²) in [6.07, 6.45) is 3.18. The van der Waals surface area contributed by atoms with Gasteiger partial charge in [0.2, 0.25) is 12.7 Å². The minimum Gasteiger partial charge on any atom is -0.456 e. The maximum Gasteiger partial charge on any atom is 0.308 e. The number of ether oxygens (including phenoxy) is 3. The molecule has 1 aromatic carbocycles. The Balaban J connectivity index is 1.48. The summed E-state index contributed by atoms with van der Waals surface area (Å²) < 4.78 is 15.4. The Bertz CT molecular complexity index is 887. The van der Waals surface area contributed by atoms with Crippen LogP contribution in [0, 0.1) is 0 Å². The number of ketones is 1. The van der Waals surface area contributed by atoms with E-state index in [1.54, 1.807) is 18.5 Å². The number of carbonyl (C=O) groups is 3. The number of anilines is 2. The molecule has 146 valence electrons. The summed E-state index contributed by atoms with van der Waals surface area (Å²) in [6.45, 7) is 1.20. The van der Waals surface area contributed by atoms with Gasteiger partial charge in [0.25, 0.3) is 5.91 Å². The molecule has 0 saturated carbocycles. The van der Waals surface area contributed by atoms with Gasteiger partial charge in [-0.1, -0.05) is 0 Å². The summed E-state index contributed by atoms with van der Waals surface area (Å²) in [6, 6.07) is 4.68. The van der Waals surface area contributed by atoms with Crippen LogP contribution in [0.15, 0.2) is 30.6 Å². The zero-order valence-electron chi connectivity index (χ0n) is 15.1. The second kappa shape index (κ2) is 8.80. The lowest BCUT2D eigenvalue weighted by Gasteiger charge is -2.11. The number of nitrogens with zero attached hydrogens (tertiary/aromatic N) is 2. The number of nitrogens with one attached hydrogen (secondary N) is 2. The van der Waals surface area contributed by atoms with Gasteiger partial charge in [-0.25, -0.2) is 9.97 Å². The molecule has 2 heterocycles.